The van der Waals surface area contributed by atoms with Gasteiger partial charge in [-0.3, -0.25) is 9.69 Å². The number of hydrogen-bond donors (Lipinski definition) is 0. The average Bonchev–Trinajstić information content (AvgIpc) is 2.52. The van der Waals surface area contributed by atoms with Crippen LogP contribution in [0.1, 0.15) is 32.6 Å². The van der Waals surface area contributed by atoms with Gasteiger partial charge in [-0.25, -0.2) is 0 Å². The molecular formula is C12H21NO2. The van der Waals surface area contributed by atoms with Gasteiger partial charge in [0, 0.05) is 12.1 Å². The number of piperidine rings is 1. The molecule has 2 aliphatic rings. The Balaban J connectivity index is 2.20. The first-order valence-corrected chi connectivity index (χ1v) is 5.98. The van der Waals surface area contributed by atoms with Crippen molar-refractivity contribution >= 4 is 5.97 Å². The van der Waals surface area contributed by atoms with E-state index in [-0.39, 0.29) is 11.9 Å². The molecule has 2 rings (SSSR count). The van der Waals surface area contributed by atoms with Gasteiger partial charge in [0.2, 0.25) is 0 Å². The van der Waals surface area contributed by atoms with Crippen LogP contribution < -0.4 is 0 Å². The van der Waals surface area contributed by atoms with Crippen molar-refractivity contribution in [3.8, 4) is 0 Å². The fourth-order valence-electron chi connectivity index (χ4n) is 3.47. The molecule has 2 bridgehead atoms. The number of rotatable bonds is 2. The Hall–Kier alpha value is -0.570. The maximum atomic E-state index is 11.8. The maximum absolute atomic E-state index is 11.8. The number of fused-ring (bicyclic) bond motifs is 2. The Labute approximate surface area is 91.8 Å². The molecule has 2 saturated heterocycles. The zero-order valence-electron chi connectivity index (χ0n) is 9.90. The van der Waals surface area contributed by atoms with Gasteiger partial charge in [-0.15, -0.1) is 0 Å². The van der Waals surface area contributed by atoms with Gasteiger partial charge in [-0.1, -0.05) is 13.3 Å². The van der Waals surface area contributed by atoms with Crippen molar-refractivity contribution in [1.29, 1.82) is 0 Å². The molecule has 0 unspecified atom stereocenters. The SMILES string of the molecule is CC[C@H]1C[C@@H]2CC[C@H]([C@H]1C(=O)OC)N2C. The maximum Gasteiger partial charge on any atom is 0.310 e. The highest BCUT2D eigenvalue weighted by molar-refractivity contribution is 5.73. The van der Waals surface area contributed by atoms with Gasteiger partial charge in [0.15, 0.2) is 0 Å². The van der Waals surface area contributed by atoms with E-state index in [1.807, 2.05) is 0 Å². The lowest BCUT2D eigenvalue weighted by Gasteiger charge is -2.41. The summed E-state index contributed by atoms with van der Waals surface area (Å²) in [6.07, 6.45) is 4.69. The largest absolute Gasteiger partial charge is 0.469 e. The number of hydrogen-bond acceptors (Lipinski definition) is 3. The molecule has 2 heterocycles. The zero-order valence-corrected chi connectivity index (χ0v) is 9.90. The number of carbonyl (C=O) groups excluding carboxylic acids is 1. The molecule has 2 fully saturated rings. The van der Waals surface area contributed by atoms with Gasteiger partial charge in [-0.05, 0) is 32.2 Å². The first-order chi connectivity index (χ1) is 7.19. The summed E-state index contributed by atoms with van der Waals surface area (Å²) in [5.74, 6) is 0.647. The van der Waals surface area contributed by atoms with Crippen LogP contribution in [-0.4, -0.2) is 37.1 Å². The van der Waals surface area contributed by atoms with E-state index >= 15 is 0 Å². The second-order valence-electron chi connectivity index (χ2n) is 4.92. The fourth-order valence-corrected chi connectivity index (χ4v) is 3.47. The third kappa shape index (κ3) is 1.67. The van der Waals surface area contributed by atoms with E-state index < -0.39 is 0 Å². The first kappa shape index (κ1) is 10.9. The van der Waals surface area contributed by atoms with Crippen LogP contribution in [-0.2, 0) is 9.53 Å². The number of nitrogens with zero attached hydrogens (tertiary/aromatic N) is 1. The summed E-state index contributed by atoms with van der Waals surface area (Å²) in [6.45, 7) is 2.19. The Morgan fingerprint density at radius 2 is 2.20 bits per heavy atom. The molecule has 2 aliphatic heterocycles. The van der Waals surface area contributed by atoms with Gasteiger partial charge in [0.25, 0.3) is 0 Å². The molecule has 0 saturated carbocycles. The quantitative estimate of drug-likeness (QED) is 0.651. The molecule has 0 aliphatic carbocycles. The molecule has 0 N–H and O–H groups in total. The fraction of sp³-hybridized carbons (Fsp3) is 0.917. The lowest BCUT2D eigenvalue weighted by Crippen LogP contribution is -2.49. The van der Waals surface area contributed by atoms with Crippen molar-refractivity contribution in [2.45, 2.75) is 44.7 Å². The van der Waals surface area contributed by atoms with Crippen LogP contribution in [0, 0.1) is 11.8 Å². The summed E-state index contributed by atoms with van der Waals surface area (Å²) in [5, 5.41) is 0. The van der Waals surface area contributed by atoms with Gasteiger partial charge in [-0.2, -0.15) is 0 Å². The molecule has 0 aromatic carbocycles. The van der Waals surface area contributed by atoms with Crippen molar-refractivity contribution in [2.75, 3.05) is 14.2 Å². The predicted molar refractivity (Wildman–Crippen MR) is 58.5 cm³/mol. The second kappa shape index (κ2) is 4.12. The van der Waals surface area contributed by atoms with Crippen LogP contribution in [0.15, 0.2) is 0 Å². The van der Waals surface area contributed by atoms with Crippen molar-refractivity contribution in [3.63, 3.8) is 0 Å². The molecule has 0 spiro atoms. The molecule has 0 aromatic heterocycles. The van der Waals surface area contributed by atoms with Gasteiger partial charge >= 0.3 is 5.97 Å². The highest BCUT2D eigenvalue weighted by atomic mass is 16.5. The van der Waals surface area contributed by atoms with Crippen LogP contribution in [0.2, 0.25) is 0 Å². The number of carbonyl (C=O) groups is 1. The summed E-state index contributed by atoms with van der Waals surface area (Å²) in [5.41, 5.74) is 0. The number of esters is 1. The van der Waals surface area contributed by atoms with Crippen LogP contribution in [0.25, 0.3) is 0 Å². The summed E-state index contributed by atoms with van der Waals surface area (Å²) in [7, 11) is 3.67. The molecule has 86 valence electrons. The monoisotopic (exact) mass is 211 g/mol. The van der Waals surface area contributed by atoms with Crippen molar-refractivity contribution in [3.05, 3.63) is 0 Å². The third-order valence-corrected chi connectivity index (χ3v) is 4.39. The molecule has 0 radical (unpaired) electrons. The van der Waals surface area contributed by atoms with E-state index in [0.29, 0.717) is 18.0 Å². The summed E-state index contributed by atoms with van der Waals surface area (Å²) in [4.78, 5) is 14.2. The van der Waals surface area contributed by atoms with Crippen molar-refractivity contribution < 1.29 is 9.53 Å². The van der Waals surface area contributed by atoms with Crippen LogP contribution >= 0.6 is 0 Å². The minimum atomic E-state index is -0.000880. The van der Waals surface area contributed by atoms with E-state index in [0.717, 1.165) is 12.8 Å². The highest BCUT2D eigenvalue weighted by Crippen LogP contribution is 2.43. The smallest absolute Gasteiger partial charge is 0.310 e. The van der Waals surface area contributed by atoms with E-state index in [9.17, 15) is 4.79 Å². The van der Waals surface area contributed by atoms with Gasteiger partial charge in [0.05, 0.1) is 13.0 Å². The topological polar surface area (TPSA) is 29.5 Å². The molecule has 0 aromatic rings. The Morgan fingerprint density at radius 1 is 1.47 bits per heavy atom. The highest BCUT2D eigenvalue weighted by Gasteiger charge is 2.48. The second-order valence-corrected chi connectivity index (χ2v) is 4.92. The number of methoxy groups -OCH3 is 1. The van der Waals surface area contributed by atoms with Crippen molar-refractivity contribution in [1.82, 2.24) is 4.90 Å². The predicted octanol–water partition coefficient (Wildman–Crippen LogP) is 1.67. The lowest BCUT2D eigenvalue weighted by molar-refractivity contribution is -0.152. The molecule has 3 heteroatoms. The molecule has 0 amide bonds. The Kier molecular flexibility index (Phi) is 3.01. The summed E-state index contributed by atoms with van der Waals surface area (Å²) < 4.78 is 4.96. The minimum Gasteiger partial charge on any atom is -0.469 e. The lowest BCUT2D eigenvalue weighted by atomic mass is 9.79. The minimum absolute atomic E-state index is 0.000880. The Bertz CT molecular complexity index is 254. The molecular weight excluding hydrogens is 190 g/mol. The third-order valence-electron chi connectivity index (χ3n) is 4.39. The standard InChI is InChI=1S/C12H21NO2/c1-4-8-7-9-5-6-10(13(9)2)11(8)12(14)15-3/h8-11H,4-7H2,1-3H3/t8-,9-,10+,11-/m0/s1. The van der Waals surface area contributed by atoms with Gasteiger partial charge in [0.1, 0.15) is 0 Å². The number of ether oxygens (including phenoxy) is 1. The summed E-state index contributed by atoms with van der Waals surface area (Å²) >= 11 is 0. The van der Waals surface area contributed by atoms with Crippen LogP contribution in [0.5, 0.6) is 0 Å². The van der Waals surface area contributed by atoms with E-state index in [2.05, 4.69) is 18.9 Å². The van der Waals surface area contributed by atoms with Crippen LogP contribution in [0.3, 0.4) is 0 Å². The molecule has 15 heavy (non-hydrogen) atoms. The average molecular weight is 211 g/mol. The van der Waals surface area contributed by atoms with E-state index in [1.54, 1.807) is 0 Å². The zero-order chi connectivity index (χ0) is 11.0. The summed E-state index contributed by atoms with van der Waals surface area (Å²) in [6, 6.07) is 1.14. The van der Waals surface area contributed by atoms with E-state index in [1.165, 1.54) is 20.0 Å². The molecule has 3 nitrogen and oxygen atoms in total. The van der Waals surface area contributed by atoms with Gasteiger partial charge < -0.3 is 4.74 Å². The normalized spacial score (nSPS) is 40.5. The van der Waals surface area contributed by atoms with Crippen LogP contribution in [0.4, 0.5) is 0 Å². The first-order valence-electron chi connectivity index (χ1n) is 5.98. The molecule has 4 atom stereocenters. The van der Waals surface area contributed by atoms with E-state index in [4.69, 9.17) is 4.74 Å². The van der Waals surface area contributed by atoms with Crippen molar-refractivity contribution in [2.24, 2.45) is 11.8 Å². The Morgan fingerprint density at radius 3 is 2.80 bits per heavy atom.